The van der Waals surface area contributed by atoms with E-state index >= 15 is 37.5 Å². The first-order chi connectivity index (χ1) is 49.6. The largest absolute Gasteiger partial charge is 0.397 e. The zero-order valence-electron chi connectivity index (χ0n) is 62.2. The summed E-state index contributed by atoms with van der Waals surface area (Å²) in [7, 11) is 7.00. The van der Waals surface area contributed by atoms with Gasteiger partial charge in [-0.25, -0.2) is 8.78 Å². The molecule has 12 atom stereocenters. The monoisotopic (exact) mass is 1500 g/mol. The lowest BCUT2D eigenvalue weighted by molar-refractivity contribution is -0.219. The molecule has 8 fully saturated rings. The topological polar surface area (TPSA) is 259 Å². The summed E-state index contributed by atoms with van der Waals surface area (Å²) in [5.74, 6) is -14.5. The van der Waals surface area contributed by atoms with Crippen LogP contribution in [0.3, 0.4) is 0 Å². The fraction of sp³-hybridized carbons (Fsp3) is 0.824. The molecule has 105 heavy (non-hydrogen) atoms. The van der Waals surface area contributed by atoms with E-state index in [1.165, 1.54) is 49.9 Å². The highest BCUT2D eigenvalue weighted by Gasteiger charge is 2.56. The van der Waals surface area contributed by atoms with Crippen LogP contribution in [0.2, 0.25) is 0 Å². The highest BCUT2D eigenvalue weighted by molar-refractivity contribution is 6.00. The molecular formula is C74H111F8N11O12. The van der Waals surface area contributed by atoms with E-state index in [9.17, 15) is 50.3 Å². The Morgan fingerprint density at radius 3 is 1.80 bits per heavy atom. The van der Waals surface area contributed by atoms with Crippen LogP contribution < -0.4 is 16.0 Å². The van der Waals surface area contributed by atoms with Crippen molar-refractivity contribution in [1.29, 1.82) is 0 Å². The Balaban J connectivity index is 1.08. The number of fused-ring (bicyclic) bond motifs is 4. The van der Waals surface area contributed by atoms with Crippen molar-refractivity contribution in [3.8, 4) is 0 Å². The van der Waals surface area contributed by atoms with E-state index in [1.54, 1.807) is 30.9 Å². The van der Waals surface area contributed by atoms with Crippen molar-refractivity contribution in [3.63, 3.8) is 0 Å². The van der Waals surface area contributed by atoms with Crippen LogP contribution in [0.15, 0.2) is 12.2 Å². The van der Waals surface area contributed by atoms with Gasteiger partial charge in [-0.1, -0.05) is 58.1 Å². The number of carbonyl (C=O) groups is 11. The Bertz CT molecular complexity index is 3150. The summed E-state index contributed by atoms with van der Waals surface area (Å²) in [5.41, 5.74) is -1.58. The van der Waals surface area contributed by atoms with Crippen molar-refractivity contribution < 1.29 is 92.6 Å². The highest BCUT2D eigenvalue weighted by Crippen LogP contribution is 2.46. The van der Waals surface area contributed by atoms with Gasteiger partial charge in [-0.3, -0.25) is 52.7 Å². The van der Waals surface area contributed by atoms with Gasteiger partial charge >= 0.3 is 12.4 Å². The van der Waals surface area contributed by atoms with E-state index in [4.69, 9.17) is 4.74 Å². The van der Waals surface area contributed by atoms with Gasteiger partial charge in [0.25, 0.3) is 0 Å². The molecule has 0 aromatic heterocycles. The smallest absolute Gasteiger partial charge is 0.377 e. The molecule has 2 unspecified atom stereocenters. The number of carbonyl (C=O) groups excluding carboxylic acids is 11. The molecule has 9 aliphatic rings. The molecule has 23 nitrogen and oxygen atoms in total. The Labute approximate surface area is 611 Å². The molecule has 0 aromatic rings. The van der Waals surface area contributed by atoms with Crippen LogP contribution in [-0.4, -0.2) is 263 Å². The van der Waals surface area contributed by atoms with Crippen LogP contribution in [0.4, 0.5) is 35.1 Å². The lowest BCUT2D eigenvalue weighted by atomic mass is 9.74. The van der Waals surface area contributed by atoms with Crippen molar-refractivity contribution in [2.24, 2.45) is 41.4 Å². The number of amides is 11. The molecule has 5 saturated carbocycles. The minimum atomic E-state index is -5.20. The molecule has 9 rings (SSSR count). The minimum Gasteiger partial charge on any atom is -0.377 e. The normalized spacial score (nSPS) is 33.8. The van der Waals surface area contributed by atoms with Crippen LogP contribution in [0.25, 0.3) is 0 Å². The van der Waals surface area contributed by atoms with Gasteiger partial charge < -0.3 is 59.9 Å². The fourth-order valence-corrected chi connectivity index (χ4v) is 17.7. The van der Waals surface area contributed by atoms with Crippen LogP contribution in [0.1, 0.15) is 188 Å². The molecule has 11 amide bonds. The predicted octanol–water partition coefficient (Wildman–Crippen LogP) is 7.18. The molecule has 3 saturated heterocycles. The lowest BCUT2D eigenvalue weighted by Crippen LogP contribution is -2.68. The van der Waals surface area contributed by atoms with Gasteiger partial charge in [0.1, 0.15) is 66.1 Å². The van der Waals surface area contributed by atoms with Gasteiger partial charge in [0.05, 0.1) is 25.1 Å². The summed E-state index contributed by atoms with van der Waals surface area (Å²) in [6.07, 6.45) is -8.68. The van der Waals surface area contributed by atoms with Crippen molar-refractivity contribution in [2.75, 3.05) is 74.6 Å². The summed E-state index contributed by atoms with van der Waals surface area (Å²) in [6, 6.07) is -9.78. The molecule has 4 aliphatic heterocycles. The zero-order chi connectivity index (χ0) is 76.7. The van der Waals surface area contributed by atoms with Gasteiger partial charge in [-0.15, -0.1) is 0 Å². The number of hydrogen-bond donors (Lipinski definition) is 3. The van der Waals surface area contributed by atoms with E-state index in [-0.39, 0.29) is 127 Å². The molecule has 4 heterocycles. The first-order valence-electron chi connectivity index (χ1n) is 38.4. The SMILES string of the molecule is CCO[C@@H]1C[C@H]2C(=O)NC3(CCC3)C(=O)N(C)[C@@H](C3CCCC3)C(=O)N3CCC[C@@H]3CC(=O)N(C)[C@@H](CC3CC3)C(=O)N[C@@H]([C@@H](C)CC)C(=O)N(C)CC(=O)N(C)[C@H]3C/C=C\CCN(C3=O)[C@@H](CC3CCC(C(F)(F)F)CC3)C(=O)N(C)CC(=O)N[C@@H](CCC3CC(F)C(C(F)(F)F)C(F)C3)C(=O)N2C1. The van der Waals surface area contributed by atoms with Crippen molar-refractivity contribution in [1.82, 2.24) is 55.1 Å². The molecule has 1 spiro atoms. The van der Waals surface area contributed by atoms with Crippen LogP contribution in [0.5, 0.6) is 0 Å². The van der Waals surface area contributed by atoms with Crippen molar-refractivity contribution >= 4 is 65.0 Å². The highest BCUT2D eigenvalue weighted by atomic mass is 19.4. The lowest BCUT2D eigenvalue weighted by Gasteiger charge is -2.46. The number of nitrogens with zero attached hydrogens (tertiary/aromatic N) is 8. The summed E-state index contributed by atoms with van der Waals surface area (Å²) >= 11 is 0. The van der Waals surface area contributed by atoms with E-state index in [0.29, 0.717) is 38.5 Å². The molecule has 0 aromatic carbocycles. The average Bonchev–Trinajstić information content (AvgIpc) is 1.69. The van der Waals surface area contributed by atoms with E-state index in [0.717, 1.165) is 45.3 Å². The number of hydrogen-bond acceptors (Lipinski definition) is 12. The van der Waals surface area contributed by atoms with Gasteiger partial charge in [-0.05, 0) is 159 Å². The number of nitrogens with one attached hydrogen (secondary N) is 3. The number of halogens is 8. The number of ether oxygens (including phenoxy) is 1. The molecule has 2 bridgehead atoms. The predicted molar refractivity (Wildman–Crippen MR) is 368 cm³/mol. The van der Waals surface area contributed by atoms with E-state index in [1.807, 2.05) is 6.92 Å². The summed E-state index contributed by atoms with van der Waals surface area (Å²) in [4.78, 5) is 176. The molecule has 5 aliphatic carbocycles. The van der Waals surface area contributed by atoms with E-state index in [2.05, 4.69) is 16.0 Å². The third kappa shape index (κ3) is 19.6. The third-order valence-corrected chi connectivity index (χ3v) is 24.6. The third-order valence-electron chi connectivity index (χ3n) is 24.6. The van der Waals surface area contributed by atoms with Crippen LogP contribution >= 0.6 is 0 Å². The van der Waals surface area contributed by atoms with Crippen molar-refractivity contribution in [3.05, 3.63) is 12.2 Å². The average molecular weight is 1500 g/mol. The molecule has 3 N–H and O–H groups in total. The number of likely N-dealkylation sites (N-methyl/N-ethyl adjacent to an activating group) is 5. The maximum atomic E-state index is 15.5. The summed E-state index contributed by atoms with van der Waals surface area (Å²) < 4.78 is 121. The first kappa shape index (κ1) is 82.4. The van der Waals surface area contributed by atoms with Gasteiger partial charge in [0.2, 0.25) is 65.0 Å². The quantitative estimate of drug-likeness (QED) is 0.130. The van der Waals surface area contributed by atoms with Crippen molar-refractivity contribution in [2.45, 2.75) is 272 Å². The Morgan fingerprint density at radius 1 is 0.581 bits per heavy atom. The van der Waals surface area contributed by atoms with Crippen LogP contribution in [0, 0.1) is 41.4 Å². The summed E-state index contributed by atoms with van der Waals surface area (Å²) in [6.45, 7) is 3.81. The number of rotatable bonds is 12. The Morgan fingerprint density at radius 2 is 1.21 bits per heavy atom. The summed E-state index contributed by atoms with van der Waals surface area (Å²) in [5, 5.41) is 8.57. The van der Waals surface area contributed by atoms with Crippen LogP contribution in [-0.2, 0) is 57.5 Å². The first-order valence-corrected chi connectivity index (χ1v) is 38.4. The second-order valence-corrected chi connectivity index (χ2v) is 31.8. The molecule has 590 valence electrons. The Kier molecular flexibility index (Phi) is 27.6. The molecular weight excluding hydrogens is 1390 g/mol. The standard InChI is InChI=1S/C74H111F8N11O12/c1-9-43(3)62-69(102)87(5)42-60(96)88(6)54-21-12-11-15-32-92(68(54)101)57(37-45-24-27-48(28-25-45)73(77,78)79)67(100)86(4)41-58(94)83-53(29-26-46-34-51(75)61(52(76)35-46)74(80,81)82)66(99)93-40-50(105-10-2)39-56(93)65(98)85-72(30-17-31-72)71(104)90(8)63(47-18-13-14-19-47)70(103)91-33-16-20-49(91)38-59(95)89(7)55(64(97)84-62)36-44-22-23-44/h11-12,43-57,61-63H,9-10,13-42H2,1-8H3,(H,83,94)(H,84,97)(H,85,98)/b12-11-/t43-,45?,46?,48?,49+,50+,51?,52?,53-,54-,55-,56-,57-,61?,62-,63-/m0/s1. The minimum absolute atomic E-state index is 0.0134. The zero-order valence-corrected chi connectivity index (χ0v) is 62.2. The van der Waals surface area contributed by atoms with Gasteiger partial charge in [-0.2, -0.15) is 26.3 Å². The fourth-order valence-electron chi connectivity index (χ4n) is 17.7. The van der Waals surface area contributed by atoms with Gasteiger partial charge in [0.15, 0.2) is 0 Å². The number of alkyl halides is 8. The maximum Gasteiger partial charge on any atom is 0.397 e. The second kappa shape index (κ2) is 35.1. The van der Waals surface area contributed by atoms with E-state index < -0.39 is 206 Å². The molecule has 31 heteroatoms. The second-order valence-electron chi connectivity index (χ2n) is 31.8. The molecule has 0 radical (unpaired) electrons. The maximum absolute atomic E-state index is 15.5. The Hall–Kier alpha value is -6.69. The van der Waals surface area contributed by atoms with Gasteiger partial charge in [0, 0.05) is 80.4 Å².